The Morgan fingerprint density at radius 1 is 0.962 bits per heavy atom. The first-order valence-corrected chi connectivity index (χ1v) is 8.55. The molecule has 1 amide bonds. The highest BCUT2D eigenvalue weighted by molar-refractivity contribution is 5.93. The van der Waals surface area contributed by atoms with E-state index in [0.29, 0.717) is 11.5 Å². The van der Waals surface area contributed by atoms with Gasteiger partial charge >= 0.3 is 0 Å². The third kappa shape index (κ3) is 4.25. The number of carbonyl (C=O) groups excluding carboxylic acids is 1. The molecular weight excluding hydrogens is 324 g/mol. The van der Waals surface area contributed by atoms with Gasteiger partial charge < -0.3 is 10.6 Å². The summed E-state index contributed by atoms with van der Waals surface area (Å²) in [6.07, 6.45) is 3.06. The topological polar surface area (TPSA) is 66.9 Å². The van der Waals surface area contributed by atoms with Crippen LogP contribution in [0.5, 0.6) is 0 Å². The minimum Gasteiger partial charge on any atom is -0.345 e. The van der Waals surface area contributed by atoms with Crippen LogP contribution in [0.2, 0.25) is 0 Å². The highest BCUT2D eigenvalue weighted by Crippen LogP contribution is 2.17. The number of carbonyl (C=O) groups is 1. The molecule has 1 heterocycles. The zero-order chi connectivity index (χ0) is 18.5. The molecule has 132 valence electrons. The summed E-state index contributed by atoms with van der Waals surface area (Å²) in [6.45, 7) is 6.08. The molecule has 0 fully saturated rings. The second-order valence-electron chi connectivity index (χ2n) is 6.33. The van der Waals surface area contributed by atoms with Crippen LogP contribution in [0.4, 0.5) is 11.6 Å². The Hall–Kier alpha value is -3.21. The van der Waals surface area contributed by atoms with Gasteiger partial charge in [-0.25, -0.2) is 9.97 Å². The van der Waals surface area contributed by atoms with Crippen molar-refractivity contribution in [2.45, 2.75) is 26.8 Å². The molecule has 1 aromatic heterocycles. The lowest BCUT2D eigenvalue weighted by Crippen LogP contribution is -2.26. The van der Waals surface area contributed by atoms with Gasteiger partial charge in [0.25, 0.3) is 5.91 Å². The number of aryl methyl sites for hydroxylation is 2. The first kappa shape index (κ1) is 17.6. The fourth-order valence-electron chi connectivity index (χ4n) is 2.56. The fraction of sp³-hybridized carbons (Fsp3) is 0.190. The molecule has 3 rings (SSSR count). The van der Waals surface area contributed by atoms with Crippen LogP contribution in [0.1, 0.15) is 40.0 Å². The number of anilines is 2. The number of hydrogen-bond acceptors (Lipinski definition) is 4. The van der Waals surface area contributed by atoms with Crippen molar-refractivity contribution < 1.29 is 4.79 Å². The van der Waals surface area contributed by atoms with Gasteiger partial charge in [-0.2, -0.15) is 0 Å². The summed E-state index contributed by atoms with van der Waals surface area (Å²) in [5, 5.41) is 6.11. The van der Waals surface area contributed by atoms with Gasteiger partial charge in [0.05, 0.1) is 11.6 Å². The van der Waals surface area contributed by atoms with E-state index in [4.69, 9.17) is 0 Å². The molecule has 2 aromatic carbocycles. The van der Waals surface area contributed by atoms with Gasteiger partial charge in [0.1, 0.15) is 0 Å². The van der Waals surface area contributed by atoms with Gasteiger partial charge in [0, 0.05) is 18.1 Å². The second-order valence-corrected chi connectivity index (χ2v) is 6.33. The van der Waals surface area contributed by atoms with Crippen LogP contribution in [0.3, 0.4) is 0 Å². The van der Waals surface area contributed by atoms with Crippen molar-refractivity contribution in [3.05, 3.63) is 83.2 Å². The second kappa shape index (κ2) is 7.78. The Morgan fingerprint density at radius 3 is 2.31 bits per heavy atom. The predicted octanol–water partition coefficient (Wildman–Crippen LogP) is 4.33. The van der Waals surface area contributed by atoms with Crippen LogP contribution in [-0.2, 0) is 0 Å². The molecule has 0 aliphatic rings. The maximum Gasteiger partial charge on any atom is 0.254 e. The SMILES string of the molecule is Cc1ccc(Nc2ncc(C(=O)NC(C)c3ccccc3)cn2)cc1C. The summed E-state index contributed by atoms with van der Waals surface area (Å²) in [7, 11) is 0. The fourth-order valence-corrected chi connectivity index (χ4v) is 2.56. The molecule has 1 unspecified atom stereocenters. The van der Waals surface area contributed by atoms with E-state index in [2.05, 4.69) is 34.4 Å². The van der Waals surface area contributed by atoms with E-state index in [1.807, 2.05) is 55.5 Å². The average molecular weight is 346 g/mol. The third-order valence-corrected chi connectivity index (χ3v) is 4.32. The molecule has 0 saturated heterocycles. The lowest BCUT2D eigenvalue weighted by Gasteiger charge is -2.14. The molecule has 0 radical (unpaired) electrons. The quantitative estimate of drug-likeness (QED) is 0.722. The highest BCUT2D eigenvalue weighted by atomic mass is 16.1. The van der Waals surface area contributed by atoms with Crippen LogP contribution in [-0.4, -0.2) is 15.9 Å². The standard InChI is InChI=1S/C21H22N4O/c1-14-9-10-19(11-15(14)2)25-21-22-12-18(13-23-21)20(26)24-16(3)17-7-5-4-6-8-17/h4-13,16H,1-3H3,(H,24,26)(H,22,23,25). The molecule has 1 atom stereocenters. The number of benzene rings is 2. The lowest BCUT2D eigenvalue weighted by molar-refractivity contribution is 0.0939. The van der Waals surface area contributed by atoms with E-state index in [1.54, 1.807) is 0 Å². The number of hydrogen-bond donors (Lipinski definition) is 2. The van der Waals surface area contributed by atoms with Crippen molar-refractivity contribution in [3.63, 3.8) is 0 Å². The summed E-state index contributed by atoms with van der Waals surface area (Å²) in [5.74, 6) is 0.264. The van der Waals surface area contributed by atoms with Crippen molar-refractivity contribution in [1.29, 1.82) is 0 Å². The maximum absolute atomic E-state index is 12.4. The van der Waals surface area contributed by atoms with E-state index in [-0.39, 0.29) is 11.9 Å². The Labute approximate surface area is 153 Å². The zero-order valence-corrected chi connectivity index (χ0v) is 15.2. The summed E-state index contributed by atoms with van der Waals surface area (Å²) in [5.41, 5.74) is 4.83. The lowest BCUT2D eigenvalue weighted by atomic mass is 10.1. The van der Waals surface area contributed by atoms with Crippen LogP contribution in [0, 0.1) is 13.8 Å². The summed E-state index contributed by atoms with van der Waals surface area (Å²) >= 11 is 0. The molecular formula is C21H22N4O. The number of aromatic nitrogens is 2. The van der Waals surface area contributed by atoms with E-state index in [0.717, 1.165) is 11.3 Å². The molecule has 0 bridgehead atoms. The number of rotatable bonds is 5. The molecule has 5 heteroatoms. The van der Waals surface area contributed by atoms with Crippen LogP contribution < -0.4 is 10.6 Å². The molecule has 26 heavy (non-hydrogen) atoms. The van der Waals surface area contributed by atoms with Crippen molar-refractivity contribution in [3.8, 4) is 0 Å². The summed E-state index contributed by atoms with van der Waals surface area (Å²) in [4.78, 5) is 20.9. The molecule has 3 aromatic rings. The number of amides is 1. The third-order valence-electron chi connectivity index (χ3n) is 4.32. The highest BCUT2D eigenvalue weighted by Gasteiger charge is 2.12. The van der Waals surface area contributed by atoms with Crippen molar-refractivity contribution in [1.82, 2.24) is 15.3 Å². The monoisotopic (exact) mass is 346 g/mol. The van der Waals surface area contributed by atoms with Crippen molar-refractivity contribution in [2.24, 2.45) is 0 Å². The average Bonchev–Trinajstić information content (AvgIpc) is 2.66. The first-order valence-electron chi connectivity index (χ1n) is 8.55. The van der Waals surface area contributed by atoms with Gasteiger partial charge in [-0.1, -0.05) is 36.4 Å². The van der Waals surface area contributed by atoms with Crippen LogP contribution in [0.25, 0.3) is 0 Å². The Morgan fingerprint density at radius 2 is 1.65 bits per heavy atom. The molecule has 0 spiro atoms. The van der Waals surface area contributed by atoms with Gasteiger partial charge in [0.2, 0.25) is 5.95 Å². The first-order chi connectivity index (χ1) is 12.5. The van der Waals surface area contributed by atoms with Gasteiger partial charge in [-0.3, -0.25) is 4.79 Å². The van der Waals surface area contributed by atoms with Crippen molar-refractivity contribution >= 4 is 17.5 Å². The van der Waals surface area contributed by atoms with Gasteiger partial charge in [0.15, 0.2) is 0 Å². The van der Waals surface area contributed by atoms with E-state index >= 15 is 0 Å². The normalized spacial score (nSPS) is 11.7. The summed E-state index contributed by atoms with van der Waals surface area (Å²) < 4.78 is 0. The maximum atomic E-state index is 12.4. The smallest absolute Gasteiger partial charge is 0.254 e. The Balaban J connectivity index is 1.65. The number of nitrogens with zero attached hydrogens (tertiary/aromatic N) is 2. The molecule has 0 aliphatic carbocycles. The minimum atomic E-state index is -0.195. The van der Waals surface area contributed by atoms with E-state index in [1.165, 1.54) is 23.5 Å². The van der Waals surface area contributed by atoms with Crippen LogP contribution >= 0.6 is 0 Å². The largest absolute Gasteiger partial charge is 0.345 e. The molecule has 0 aliphatic heterocycles. The zero-order valence-electron chi connectivity index (χ0n) is 15.2. The van der Waals surface area contributed by atoms with Gasteiger partial charge in [-0.05, 0) is 49.6 Å². The molecule has 0 saturated carbocycles. The summed E-state index contributed by atoms with van der Waals surface area (Å²) in [6, 6.07) is 15.8. The van der Waals surface area contributed by atoms with Crippen LogP contribution in [0.15, 0.2) is 60.9 Å². The Kier molecular flexibility index (Phi) is 5.27. The van der Waals surface area contributed by atoms with Crippen molar-refractivity contribution in [2.75, 3.05) is 5.32 Å². The molecule has 5 nitrogen and oxygen atoms in total. The van der Waals surface area contributed by atoms with Gasteiger partial charge in [-0.15, -0.1) is 0 Å². The Bertz CT molecular complexity index is 892. The predicted molar refractivity (Wildman–Crippen MR) is 104 cm³/mol. The minimum absolute atomic E-state index is 0.0861. The molecule has 2 N–H and O–H groups in total. The number of nitrogens with one attached hydrogen (secondary N) is 2. The van der Waals surface area contributed by atoms with E-state index < -0.39 is 0 Å². The van der Waals surface area contributed by atoms with E-state index in [9.17, 15) is 4.79 Å².